The second-order valence-electron chi connectivity index (χ2n) is 3.67. The van der Waals surface area contributed by atoms with E-state index >= 15 is 0 Å². The first-order valence-corrected chi connectivity index (χ1v) is 7.69. The van der Waals surface area contributed by atoms with Gasteiger partial charge in [-0.1, -0.05) is 11.6 Å². The van der Waals surface area contributed by atoms with Gasteiger partial charge in [-0.05, 0) is 35.0 Å². The summed E-state index contributed by atoms with van der Waals surface area (Å²) in [6.45, 7) is 1.37. The van der Waals surface area contributed by atoms with Gasteiger partial charge in [-0.15, -0.1) is 0 Å². The molecule has 1 unspecified atom stereocenters. The number of methoxy groups -OCH3 is 1. The zero-order valence-electron chi connectivity index (χ0n) is 10.1. The lowest BCUT2D eigenvalue weighted by molar-refractivity contribution is -0.142. The molecule has 0 saturated carbocycles. The molecule has 1 aromatic carbocycles. The number of nitrogens with two attached hydrogens (primary N) is 1. The Kier molecular flexibility index (Phi) is 5.19. The van der Waals surface area contributed by atoms with E-state index in [-0.39, 0.29) is 20.1 Å². The molecular weight excluding hydrogens is 360 g/mol. The van der Waals surface area contributed by atoms with Crippen molar-refractivity contribution in [2.45, 2.75) is 17.9 Å². The molecule has 0 radical (unpaired) electrons. The quantitative estimate of drug-likeness (QED) is 0.618. The lowest BCUT2D eigenvalue weighted by atomic mass is 10.3. The van der Waals surface area contributed by atoms with E-state index in [4.69, 9.17) is 17.3 Å². The Morgan fingerprint density at radius 3 is 2.63 bits per heavy atom. The average molecular weight is 372 g/mol. The largest absolute Gasteiger partial charge is 0.468 e. The number of esters is 1. The zero-order valence-corrected chi connectivity index (χ0v) is 13.3. The predicted octanol–water partition coefficient (Wildman–Crippen LogP) is 1.52. The number of halogens is 2. The molecule has 0 aromatic heterocycles. The summed E-state index contributed by atoms with van der Waals surface area (Å²) in [5.41, 5.74) is 5.80. The highest BCUT2D eigenvalue weighted by atomic mass is 79.9. The first kappa shape index (κ1) is 16.2. The van der Waals surface area contributed by atoms with E-state index in [0.29, 0.717) is 0 Å². The van der Waals surface area contributed by atoms with Crippen LogP contribution < -0.4 is 10.5 Å². The van der Waals surface area contributed by atoms with Gasteiger partial charge in [0.25, 0.3) is 0 Å². The molecule has 0 aliphatic rings. The van der Waals surface area contributed by atoms with Gasteiger partial charge in [-0.3, -0.25) is 4.79 Å². The number of carbonyl (C=O) groups excluding carboxylic acids is 1. The summed E-state index contributed by atoms with van der Waals surface area (Å²) in [6, 6.07) is 1.62. The average Bonchev–Trinajstić information content (AvgIpc) is 2.31. The Morgan fingerprint density at radius 2 is 2.11 bits per heavy atom. The summed E-state index contributed by atoms with van der Waals surface area (Å²) in [7, 11) is -2.79. The van der Waals surface area contributed by atoms with Crippen molar-refractivity contribution in [2.24, 2.45) is 0 Å². The lowest BCUT2D eigenvalue weighted by Gasteiger charge is -2.14. The third-order valence-electron chi connectivity index (χ3n) is 2.21. The molecule has 1 rings (SSSR count). The van der Waals surface area contributed by atoms with Crippen LogP contribution in [0.3, 0.4) is 0 Å². The highest BCUT2D eigenvalue weighted by Crippen LogP contribution is 2.31. The van der Waals surface area contributed by atoms with Crippen LogP contribution in [0.2, 0.25) is 5.02 Å². The SMILES string of the molecule is COC(=O)C(C)NS(=O)(=O)c1cc(Cl)cc(N)c1Br. The summed E-state index contributed by atoms with van der Waals surface area (Å²) in [5.74, 6) is -0.699. The van der Waals surface area contributed by atoms with E-state index in [9.17, 15) is 13.2 Å². The molecule has 0 bridgehead atoms. The van der Waals surface area contributed by atoms with Crippen molar-refractivity contribution in [1.82, 2.24) is 4.72 Å². The van der Waals surface area contributed by atoms with Crippen LogP contribution in [0.4, 0.5) is 5.69 Å². The molecule has 0 aliphatic heterocycles. The van der Waals surface area contributed by atoms with Gasteiger partial charge in [-0.25, -0.2) is 8.42 Å². The number of carbonyl (C=O) groups is 1. The van der Waals surface area contributed by atoms with E-state index in [0.717, 1.165) is 0 Å². The summed E-state index contributed by atoms with van der Waals surface area (Å²) >= 11 is 8.85. The van der Waals surface area contributed by atoms with Crippen LogP contribution in [0.5, 0.6) is 0 Å². The number of hydrogen-bond acceptors (Lipinski definition) is 5. The number of sulfonamides is 1. The number of nitrogen functional groups attached to an aromatic ring is 1. The maximum absolute atomic E-state index is 12.1. The molecule has 6 nitrogen and oxygen atoms in total. The van der Waals surface area contributed by atoms with E-state index in [2.05, 4.69) is 25.4 Å². The van der Waals surface area contributed by atoms with Gasteiger partial charge in [0, 0.05) is 10.7 Å². The van der Waals surface area contributed by atoms with Crippen LogP contribution >= 0.6 is 27.5 Å². The number of hydrogen-bond donors (Lipinski definition) is 2. The second-order valence-corrected chi connectivity index (χ2v) is 6.59. The molecule has 1 aromatic rings. The lowest BCUT2D eigenvalue weighted by Crippen LogP contribution is -2.39. The molecule has 0 fully saturated rings. The number of anilines is 1. The fourth-order valence-electron chi connectivity index (χ4n) is 1.30. The normalized spacial score (nSPS) is 13.1. The first-order valence-electron chi connectivity index (χ1n) is 5.03. The molecule has 0 amide bonds. The van der Waals surface area contributed by atoms with Crippen molar-refractivity contribution in [1.29, 1.82) is 0 Å². The zero-order chi connectivity index (χ0) is 14.8. The topological polar surface area (TPSA) is 98.5 Å². The molecule has 0 spiro atoms. The molecule has 9 heteroatoms. The smallest absolute Gasteiger partial charge is 0.323 e. The van der Waals surface area contributed by atoms with Crippen LogP contribution in [-0.4, -0.2) is 27.5 Å². The minimum Gasteiger partial charge on any atom is -0.468 e. The van der Waals surface area contributed by atoms with Gasteiger partial charge < -0.3 is 10.5 Å². The molecule has 0 saturated heterocycles. The molecule has 0 aliphatic carbocycles. The Hall–Kier alpha value is -0.830. The maximum Gasteiger partial charge on any atom is 0.323 e. The van der Waals surface area contributed by atoms with Crippen molar-refractivity contribution in [3.63, 3.8) is 0 Å². The highest BCUT2D eigenvalue weighted by Gasteiger charge is 2.25. The third kappa shape index (κ3) is 3.82. The van der Waals surface area contributed by atoms with E-state index in [1.807, 2.05) is 0 Å². The number of nitrogens with one attached hydrogen (secondary N) is 1. The Balaban J connectivity index is 3.18. The molecule has 106 valence electrons. The monoisotopic (exact) mass is 370 g/mol. The molecule has 0 heterocycles. The van der Waals surface area contributed by atoms with E-state index in [1.54, 1.807) is 0 Å². The minimum atomic E-state index is -3.95. The molecule has 3 N–H and O–H groups in total. The molecule has 19 heavy (non-hydrogen) atoms. The fourth-order valence-corrected chi connectivity index (χ4v) is 3.79. The van der Waals surface area contributed by atoms with Crippen molar-refractivity contribution in [3.8, 4) is 0 Å². The van der Waals surface area contributed by atoms with Gasteiger partial charge in [0.2, 0.25) is 10.0 Å². The summed E-state index contributed by atoms with van der Waals surface area (Å²) in [5, 5.41) is 0.173. The Morgan fingerprint density at radius 1 is 1.53 bits per heavy atom. The molecular formula is C10H12BrClN2O4S. The van der Waals surface area contributed by atoms with Crippen LogP contribution in [0.1, 0.15) is 6.92 Å². The second kappa shape index (κ2) is 6.08. The summed E-state index contributed by atoms with van der Waals surface area (Å²) in [6.07, 6.45) is 0. The highest BCUT2D eigenvalue weighted by molar-refractivity contribution is 9.10. The van der Waals surface area contributed by atoms with Gasteiger partial charge in [0.15, 0.2) is 0 Å². The maximum atomic E-state index is 12.1. The van der Waals surface area contributed by atoms with Gasteiger partial charge in [-0.2, -0.15) is 4.72 Å². The fraction of sp³-hybridized carbons (Fsp3) is 0.300. The summed E-state index contributed by atoms with van der Waals surface area (Å²) < 4.78 is 31.0. The first-order chi connectivity index (χ1) is 8.69. The predicted molar refractivity (Wildman–Crippen MR) is 75.4 cm³/mol. The Labute approximate surface area is 124 Å². The van der Waals surface area contributed by atoms with Crippen molar-refractivity contribution >= 4 is 49.2 Å². The van der Waals surface area contributed by atoms with Gasteiger partial charge >= 0.3 is 5.97 Å². The van der Waals surface area contributed by atoms with Crippen molar-refractivity contribution < 1.29 is 17.9 Å². The Bertz CT molecular complexity index is 606. The number of ether oxygens (including phenoxy) is 1. The van der Waals surface area contributed by atoms with Gasteiger partial charge in [0.1, 0.15) is 6.04 Å². The van der Waals surface area contributed by atoms with E-state index in [1.165, 1.54) is 26.2 Å². The number of rotatable bonds is 4. The van der Waals surface area contributed by atoms with Gasteiger partial charge in [0.05, 0.1) is 16.5 Å². The van der Waals surface area contributed by atoms with Crippen LogP contribution in [0.25, 0.3) is 0 Å². The van der Waals surface area contributed by atoms with Crippen molar-refractivity contribution in [3.05, 3.63) is 21.6 Å². The van der Waals surface area contributed by atoms with Crippen LogP contribution in [0, 0.1) is 0 Å². The minimum absolute atomic E-state index is 0.145. The third-order valence-corrected chi connectivity index (χ3v) is 5.14. The van der Waals surface area contributed by atoms with Crippen LogP contribution in [0.15, 0.2) is 21.5 Å². The van der Waals surface area contributed by atoms with Crippen molar-refractivity contribution in [2.75, 3.05) is 12.8 Å². The number of benzene rings is 1. The summed E-state index contributed by atoms with van der Waals surface area (Å²) in [4.78, 5) is 11.1. The van der Waals surface area contributed by atoms with Crippen LogP contribution in [-0.2, 0) is 19.6 Å². The molecule has 1 atom stereocenters. The standard InChI is InChI=1S/C10H12BrClN2O4S/c1-5(10(15)18-2)14-19(16,17)8-4-6(12)3-7(13)9(8)11/h3-5,14H,13H2,1-2H3. The van der Waals surface area contributed by atoms with E-state index < -0.39 is 22.0 Å².